The monoisotopic (exact) mass is 284 g/mol. The SMILES string of the molecule is N#Cc1ccc(Cl)cc1Nc1nc(N)cn2ccnc12. The highest BCUT2D eigenvalue weighted by Crippen LogP contribution is 2.25. The van der Waals surface area contributed by atoms with E-state index in [2.05, 4.69) is 21.4 Å². The molecule has 3 aromatic rings. The van der Waals surface area contributed by atoms with Gasteiger partial charge in [-0.3, -0.25) is 0 Å². The van der Waals surface area contributed by atoms with Crippen LogP contribution in [0, 0.1) is 11.3 Å². The van der Waals surface area contributed by atoms with E-state index >= 15 is 0 Å². The van der Waals surface area contributed by atoms with Crippen LogP contribution in [-0.2, 0) is 0 Å². The van der Waals surface area contributed by atoms with Crippen molar-refractivity contribution in [1.82, 2.24) is 14.4 Å². The second-order valence-electron chi connectivity index (χ2n) is 4.10. The van der Waals surface area contributed by atoms with Gasteiger partial charge in [0, 0.05) is 17.4 Å². The number of halogens is 1. The Morgan fingerprint density at radius 1 is 1.40 bits per heavy atom. The number of nitrogens with zero attached hydrogens (tertiary/aromatic N) is 4. The summed E-state index contributed by atoms with van der Waals surface area (Å²) in [6.45, 7) is 0. The number of nitrogens with one attached hydrogen (secondary N) is 1. The molecule has 3 rings (SSSR count). The van der Waals surface area contributed by atoms with Crippen LogP contribution in [0.3, 0.4) is 0 Å². The van der Waals surface area contributed by atoms with Crippen LogP contribution in [-0.4, -0.2) is 14.4 Å². The topological polar surface area (TPSA) is 92.0 Å². The summed E-state index contributed by atoms with van der Waals surface area (Å²) in [7, 11) is 0. The first-order valence-electron chi connectivity index (χ1n) is 5.73. The minimum atomic E-state index is 0.346. The van der Waals surface area contributed by atoms with Crippen LogP contribution >= 0.6 is 11.6 Å². The molecule has 0 saturated heterocycles. The number of hydrogen-bond acceptors (Lipinski definition) is 5. The Labute approximate surface area is 119 Å². The van der Waals surface area contributed by atoms with Gasteiger partial charge in [-0.2, -0.15) is 5.26 Å². The minimum absolute atomic E-state index is 0.346. The van der Waals surface area contributed by atoms with Crippen molar-refractivity contribution in [3.8, 4) is 6.07 Å². The molecular formula is C13H9ClN6. The van der Waals surface area contributed by atoms with Crippen molar-refractivity contribution in [2.24, 2.45) is 0 Å². The zero-order chi connectivity index (χ0) is 14.1. The summed E-state index contributed by atoms with van der Waals surface area (Å²) in [6, 6.07) is 7.04. The molecule has 7 heteroatoms. The number of fused-ring (bicyclic) bond motifs is 1. The van der Waals surface area contributed by atoms with Gasteiger partial charge in [-0.1, -0.05) is 11.6 Å². The van der Waals surface area contributed by atoms with Crippen molar-refractivity contribution in [2.45, 2.75) is 0 Å². The Morgan fingerprint density at radius 2 is 2.25 bits per heavy atom. The molecule has 0 bridgehead atoms. The number of hydrogen-bond donors (Lipinski definition) is 2. The van der Waals surface area contributed by atoms with Gasteiger partial charge in [-0.05, 0) is 18.2 Å². The fraction of sp³-hybridized carbons (Fsp3) is 0. The second-order valence-corrected chi connectivity index (χ2v) is 4.54. The van der Waals surface area contributed by atoms with Gasteiger partial charge in [0.25, 0.3) is 0 Å². The number of benzene rings is 1. The van der Waals surface area contributed by atoms with Crippen LogP contribution < -0.4 is 11.1 Å². The summed E-state index contributed by atoms with van der Waals surface area (Å²) >= 11 is 5.95. The highest BCUT2D eigenvalue weighted by molar-refractivity contribution is 6.30. The molecule has 0 unspecified atom stereocenters. The maximum atomic E-state index is 9.12. The number of imidazole rings is 1. The normalized spacial score (nSPS) is 10.4. The number of anilines is 3. The molecule has 20 heavy (non-hydrogen) atoms. The van der Waals surface area contributed by atoms with Crippen LogP contribution in [0.15, 0.2) is 36.8 Å². The van der Waals surface area contributed by atoms with Gasteiger partial charge >= 0.3 is 0 Å². The number of aromatic nitrogens is 3. The Bertz CT molecular complexity index is 832. The summed E-state index contributed by atoms with van der Waals surface area (Å²) in [5.74, 6) is 0.812. The molecule has 0 aliphatic carbocycles. The zero-order valence-electron chi connectivity index (χ0n) is 10.2. The average molecular weight is 285 g/mol. The fourth-order valence-electron chi connectivity index (χ4n) is 1.88. The predicted octanol–water partition coefficient (Wildman–Crippen LogP) is 2.58. The van der Waals surface area contributed by atoms with Crippen molar-refractivity contribution in [3.05, 3.63) is 47.4 Å². The standard InChI is InChI=1S/C13H9ClN6/c14-9-2-1-8(6-15)10(5-9)18-12-13-17-3-4-20(13)7-11(16)19-12/h1-5,7H,16H2,(H,18,19). The smallest absolute Gasteiger partial charge is 0.180 e. The Kier molecular flexibility index (Phi) is 2.89. The van der Waals surface area contributed by atoms with E-state index in [1.54, 1.807) is 41.2 Å². The molecule has 0 amide bonds. The molecule has 0 aliphatic rings. The van der Waals surface area contributed by atoms with Gasteiger partial charge in [0.15, 0.2) is 11.5 Å². The van der Waals surface area contributed by atoms with Crippen molar-refractivity contribution in [2.75, 3.05) is 11.1 Å². The fourth-order valence-corrected chi connectivity index (χ4v) is 2.05. The van der Waals surface area contributed by atoms with E-state index in [9.17, 15) is 0 Å². The summed E-state index contributed by atoms with van der Waals surface area (Å²) in [5.41, 5.74) is 7.38. The molecule has 0 fully saturated rings. The predicted molar refractivity (Wildman–Crippen MR) is 76.8 cm³/mol. The van der Waals surface area contributed by atoms with E-state index in [0.29, 0.717) is 33.6 Å². The number of nitriles is 1. The van der Waals surface area contributed by atoms with Crippen LogP contribution in [0.5, 0.6) is 0 Å². The van der Waals surface area contributed by atoms with Crippen LogP contribution in [0.1, 0.15) is 5.56 Å². The molecule has 6 nitrogen and oxygen atoms in total. The maximum absolute atomic E-state index is 9.12. The van der Waals surface area contributed by atoms with Gasteiger partial charge in [0.2, 0.25) is 0 Å². The lowest BCUT2D eigenvalue weighted by Crippen LogP contribution is -2.03. The van der Waals surface area contributed by atoms with E-state index in [1.807, 2.05) is 0 Å². The number of rotatable bonds is 2. The summed E-state index contributed by atoms with van der Waals surface area (Å²) in [6.07, 6.45) is 5.07. The molecule has 0 atom stereocenters. The third-order valence-corrected chi connectivity index (χ3v) is 2.98. The molecular weight excluding hydrogens is 276 g/mol. The third-order valence-electron chi connectivity index (χ3n) is 2.75. The van der Waals surface area contributed by atoms with Gasteiger partial charge in [-0.25, -0.2) is 9.97 Å². The van der Waals surface area contributed by atoms with E-state index in [-0.39, 0.29) is 0 Å². The summed E-state index contributed by atoms with van der Waals surface area (Å²) in [5, 5.41) is 12.7. The molecule has 2 aromatic heterocycles. The van der Waals surface area contributed by atoms with Crippen molar-refractivity contribution in [1.29, 1.82) is 5.26 Å². The molecule has 2 heterocycles. The molecule has 1 aromatic carbocycles. The van der Waals surface area contributed by atoms with Gasteiger partial charge < -0.3 is 15.5 Å². The lowest BCUT2D eigenvalue weighted by molar-refractivity contribution is 1.14. The average Bonchev–Trinajstić information content (AvgIpc) is 2.87. The third kappa shape index (κ3) is 2.11. The van der Waals surface area contributed by atoms with Crippen LogP contribution in [0.25, 0.3) is 5.65 Å². The lowest BCUT2D eigenvalue weighted by atomic mass is 10.2. The lowest BCUT2D eigenvalue weighted by Gasteiger charge is -2.09. The van der Waals surface area contributed by atoms with Crippen LogP contribution in [0.4, 0.5) is 17.3 Å². The van der Waals surface area contributed by atoms with Gasteiger partial charge in [0.05, 0.1) is 17.4 Å². The van der Waals surface area contributed by atoms with Gasteiger partial charge in [-0.15, -0.1) is 0 Å². The van der Waals surface area contributed by atoms with E-state index in [0.717, 1.165) is 0 Å². The molecule has 98 valence electrons. The number of nitrogens with two attached hydrogens (primary N) is 1. The summed E-state index contributed by atoms with van der Waals surface area (Å²) in [4.78, 5) is 8.41. The highest BCUT2D eigenvalue weighted by atomic mass is 35.5. The Balaban J connectivity index is 2.12. The quantitative estimate of drug-likeness (QED) is 0.754. The van der Waals surface area contributed by atoms with E-state index in [4.69, 9.17) is 22.6 Å². The first-order valence-corrected chi connectivity index (χ1v) is 6.11. The Hall–Kier alpha value is -2.78. The molecule has 0 spiro atoms. The maximum Gasteiger partial charge on any atom is 0.180 e. The van der Waals surface area contributed by atoms with Crippen LogP contribution in [0.2, 0.25) is 5.02 Å². The first kappa shape index (κ1) is 12.3. The zero-order valence-corrected chi connectivity index (χ0v) is 11.0. The van der Waals surface area contributed by atoms with Crippen molar-refractivity contribution in [3.63, 3.8) is 0 Å². The van der Waals surface area contributed by atoms with Crippen molar-refractivity contribution < 1.29 is 0 Å². The molecule has 0 saturated carbocycles. The molecule has 0 radical (unpaired) electrons. The van der Waals surface area contributed by atoms with Crippen molar-refractivity contribution >= 4 is 34.6 Å². The highest BCUT2D eigenvalue weighted by Gasteiger charge is 2.09. The minimum Gasteiger partial charge on any atom is -0.382 e. The summed E-state index contributed by atoms with van der Waals surface area (Å²) < 4.78 is 1.75. The molecule has 3 N–H and O–H groups in total. The molecule has 0 aliphatic heterocycles. The Morgan fingerprint density at radius 3 is 3.05 bits per heavy atom. The van der Waals surface area contributed by atoms with Gasteiger partial charge in [0.1, 0.15) is 11.9 Å². The largest absolute Gasteiger partial charge is 0.382 e. The van der Waals surface area contributed by atoms with E-state index < -0.39 is 0 Å². The van der Waals surface area contributed by atoms with E-state index in [1.165, 1.54) is 0 Å². The first-order chi connectivity index (χ1) is 9.67. The second kappa shape index (κ2) is 4.72. The number of nitrogen functional groups attached to an aromatic ring is 1.